The van der Waals surface area contributed by atoms with Crippen LogP contribution in [0.25, 0.3) is 4.85 Å². The van der Waals surface area contributed by atoms with Crippen molar-refractivity contribution >= 4 is 17.3 Å². The van der Waals surface area contributed by atoms with Crippen molar-refractivity contribution in [3.05, 3.63) is 70.6 Å². The Labute approximate surface area is 212 Å². The molecular weight excluding hydrogens is 459 g/mol. The van der Waals surface area contributed by atoms with Crippen LogP contribution in [0.5, 0.6) is 0 Å². The first-order valence-corrected chi connectivity index (χ1v) is 11.1. The zero-order chi connectivity index (χ0) is 21.8. The SMILES string of the molecule is Cc1ccccc1.[C-]#[N+]c1cc(C)c(NC(=O)C2([N+]3(CC)CCCC3)CC2)c(C)c1.[Y]. The number of quaternary nitrogens is 1. The Morgan fingerprint density at radius 1 is 1.06 bits per heavy atom. The fraction of sp³-hybridized carbons (Fsp3) is 0.462. The smallest absolute Gasteiger partial charge is 0.285 e. The fourth-order valence-corrected chi connectivity index (χ4v) is 4.99. The van der Waals surface area contributed by atoms with Gasteiger partial charge in [-0.3, -0.25) is 4.79 Å². The van der Waals surface area contributed by atoms with E-state index in [2.05, 4.69) is 36.1 Å². The minimum atomic E-state index is -0.206. The maximum absolute atomic E-state index is 13.1. The van der Waals surface area contributed by atoms with Gasteiger partial charge in [0.15, 0.2) is 11.2 Å². The normalized spacial score (nSPS) is 17.4. The number of anilines is 1. The second kappa shape index (κ2) is 10.9. The average Bonchev–Trinajstić information content (AvgIpc) is 3.42. The van der Waals surface area contributed by atoms with Crippen LogP contribution in [-0.4, -0.2) is 35.6 Å². The molecule has 31 heavy (non-hydrogen) atoms. The first kappa shape index (κ1) is 25.7. The van der Waals surface area contributed by atoms with Crippen molar-refractivity contribution in [2.75, 3.05) is 25.0 Å². The predicted molar refractivity (Wildman–Crippen MR) is 124 cm³/mol. The van der Waals surface area contributed by atoms with E-state index in [4.69, 9.17) is 6.57 Å². The maximum Gasteiger partial charge on any atom is 0.285 e. The molecule has 2 fully saturated rings. The van der Waals surface area contributed by atoms with Gasteiger partial charge in [-0.2, -0.15) is 0 Å². The topological polar surface area (TPSA) is 33.5 Å². The Bertz CT molecular complexity index is 916. The number of rotatable bonds is 4. The number of hydrogen-bond donors (Lipinski definition) is 1. The molecule has 0 atom stereocenters. The standard InChI is InChI=1S/C19H25N3O.C7H8.Y/c1-5-22(10-6-7-11-22)19(8-9-19)18(23)21-17-14(2)12-16(20-4)13-15(17)3;1-7-5-3-2-4-6-7;/h12-13H,5-11H2,1-3H3;2-6H,1H3;/p+1. The number of likely N-dealkylation sites (tertiary alicyclic amines) is 1. The average molecular weight is 493 g/mol. The van der Waals surface area contributed by atoms with Crippen LogP contribution in [0.2, 0.25) is 0 Å². The van der Waals surface area contributed by atoms with Gasteiger partial charge in [0.1, 0.15) is 0 Å². The van der Waals surface area contributed by atoms with Crippen molar-refractivity contribution in [1.82, 2.24) is 0 Å². The molecule has 4 rings (SSSR count). The van der Waals surface area contributed by atoms with Crippen molar-refractivity contribution < 1.29 is 42.0 Å². The molecule has 0 spiro atoms. The molecule has 0 bridgehead atoms. The van der Waals surface area contributed by atoms with Crippen molar-refractivity contribution in [3.8, 4) is 0 Å². The second-order valence-corrected chi connectivity index (χ2v) is 8.82. The molecule has 1 N–H and O–H groups in total. The minimum absolute atomic E-state index is 0. The van der Waals surface area contributed by atoms with Crippen molar-refractivity contribution in [3.63, 3.8) is 0 Å². The third-order valence-corrected chi connectivity index (χ3v) is 6.91. The number of carbonyl (C=O) groups is 1. The number of benzene rings is 2. The van der Waals surface area contributed by atoms with Gasteiger partial charge in [-0.1, -0.05) is 48.0 Å². The Morgan fingerprint density at radius 3 is 2.00 bits per heavy atom. The van der Waals surface area contributed by atoms with Gasteiger partial charge >= 0.3 is 0 Å². The molecule has 161 valence electrons. The summed E-state index contributed by atoms with van der Waals surface area (Å²) in [5, 5.41) is 3.21. The number of amides is 1. The molecule has 1 radical (unpaired) electrons. The molecule has 2 aliphatic rings. The van der Waals surface area contributed by atoms with Crippen molar-refractivity contribution in [1.29, 1.82) is 0 Å². The van der Waals surface area contributed by atoms with Gasteiger partial charge in [0.25, 0.3) is 5.91 Å². The fourth-order valence-electron chi connectivity index (χ4n) is 4.99. The number of hydrogen-bond acceptors (Lipinski definition) is 1. The van der Waals surface area contributed by atoms with E-state index in [9.17, 15) is 4.79 Å². The number of nitrogens with one attached hydrogen (secondary N) is 1. The molecule has 4 nitrogen and oxygen atoms in total. The van der Waals surface area contributed by atoms with E-state index in [0.29, 0.717) is 5.69 Å². The first-order valence-electron chi connectivity index (χ1n) is 11.1. The van der Waals surface area contributed by atoms with Crippen LogP contribution in [0.15, 0.2) is 42.5 Å². The van der Waals surface area contributed by atoms with Gasteiger partial charge in [0, 0.05) is 64.1 Å². The molecule has 0 unspecified atom stereocenters. The predicted octanol–water partition coefficient (Wildman–Crippen LogP) is 5.95. The van der Waals surface area contributed by atoms with E-state index in [1.54, 1.807) is 0 Å². The summed E-state index contributed by atoms with van der Waals surface area (Å²) in [5.41, 5.74) is 4.59. The minimum Gasteiger partial charge on any atom is -0.320 e. The van der Waals surface area contributed by atoms with Crippen LogP contribution >= 0.6 is 0 Å². The Balaban J connectivity index is 0.000000364. The Kier molecular flexibility index (Phi) is 9.01. The van der Waals surface area contributed by atoms with E-state index in [0.717, 1.165) is 53.8 Å². The molecule has 2 aromatic rings. The van der Waals surface area contributed by atoms with Crippen LogP contribution in [0.1, 0.15) is 49.3 Å². The molecule has 1 heterocycles. The molecule has 1 aliphatic carbocycles. The van der Waals surface area contributed by atoms with E-state index >= 15 is 0 Å². The summed E-state index contributed by atoms with van der Waals surface area (Å²) in [6.45, 7) is 18.7. The molecule has 2 aromatic carbocycles. The summed E-state index contributed by atoms with van der Waals surface area (Å²) in [4.78, 5) is 16.6. The van der Waals surface area contributed by atoms with Gasteiger partial charge in [-0.05, 0) is 38.8 Å². The first-order chi connectivity index (χ1) is 14.4. The summed E-state index contributed by atoms with van der Waals surface area (Å²) in [5.74, 6) is 0.183. The third kappa shape index (κ3) is 5.45. The molecule has 1 amide bonds. The van der Waals surface area contributed by atoms with E-state index in [1.807, 2.05) is 44.2 Å². The van der Waals surface area contributed by atoms with Gasteiger partial charge < -0.3 is 9.80 Å². The maximum atomic E-state index is 13.1. The molecule has 1 aliphatic heterocycles. The molecule has 1 saturated heterocycles. The van der Waals surface area contributed by atoms with E-state index in [1.165, 1.54) is 18.4 Å². The summed E-state index contributed by atoms with van der Waals surface area (Å²) in [6, 6.07) is 14.0. The zero-order valence-corrected chi connectivity index (χ0v) is 22.2. The molecule has 5 heteroatoms. The van der Waals surface area contributed by atoms with Crippen molar-refractivity contribution in [2.45, 2.75) is 58.9 Å². The molecule has 1 saturated carbocycles. The van der Waals surface area contributed by atoms with Gasteiger partial charge in [-0.15, -0.1) is 0 Å². The number of carbonyl (C=O) groups excluding carboxylic acids is 1. The third-order valence-electron chi connectivity index (χ3n) is 6.91. The summed E-state index contributed by atoms with van der Waals surface area (Å²) >= 11 is 0. The van der Waals surface area contributed by atoms with Crippen LogP contribution < -0.4 is 5.32 Å². The quantitative estimate of drug-likeness (QED) is 0.415. The largest absolute Gasteiger partial charge is 0.320 e. The monoisotopic (exact) mass is 493 g/mol. The van der Waals surface area contributed by atoms with E-state index < -0.39 is 0 Å². The molecular formula is C26H34N3OY+. The van der Waals surface area contributed by atoms with Gasteiger partial charge in [-0.25, -0.2) is 4.85 Å². The summed E-state index contributed by atoms with van der Waals surface area (Å²) in [6.07, 6.45) is 4.48. The zero-order valence-electron chi connectivity index (χ0n) is 19.4. The Morgan fingerprint density at radius 2 is 1.61 bits per heavy atom. The second-order valence-electron chi connectivity index (χ2n) is 8.82. The van der Waals surface area contributed by atoms with Crippen LogP contribution in [0, 0.1) is 27.3 Å². The summed E-state index contributed by atoms with van der Waals surface area (Å²) < 4.78 is 0.969. The van der Waals surface area contributed by atoms with Gasteiger partial charge in [0.2, 0.25) is 0 Å². The Hall–Kier alpha value is -1.54. The van der Waals surface area contributed by atoms with Crippen molar-refractivity contribution in [2.24, 2.45) is 0 Å². The van der Waals surface area contributed by atoms with Crippen LogP contribution in [0.3, 0.4) is 0 Å². The van der Waals surface area contributed by atoms with E-state index in [-0.39, 0.29) is 44.2 Å². The van der Waals surface area contributed by atoms with Crippen LogP contribution in [0.4, 0.5) is 11.4 Å². The molecule has 0 aromatic heterocycles. The number of likely N-dealkylation sites (N-methyl/N-ethyl adjacent to an activating group) is 1. The van der Waals surface area contributed by atoms with Gasteiger partial charge in [0.05, 0.1) is 26.2 Å². The number of aryl methyl sites for hydroxylation is 3. The van der Waals surface area contributed by atoms with Crippen LogP contribution in [-0.2, 0) is 37.5 Å². The summed E-state index contributed by atoms with van der Waals surface area (Å²) in [7, 11) is 0. The number of nitrogens with zero attached hydrogens (tertiary/aromatic N) is 2.